The van der Waals surface area contributed by atoms with Crippen LogP contribution in [-0.4, -0.2) is 56.0 Å². The van der Waals surface area contributed by atoms with Gasteiger partial charge in [0.1, 0.15) is 11.5 Å². The Kier molecular flexibility index (Phi) is 5.84. The minimum Gasteiger partial charge on any atom is -0.497 e. The lowest BCUT2D eigenvalue weighted by molar-refractivity contribution is -0.141. The van der Waals surface area contributed by atoms with E-state index in [9.17, 15) is 9.59 Å². The van der Waals surface area contributed by atoms with Crippen molar-refractivity contribution in [1.82, 2.24) is 9.80 Å². The van der Waals surface area contributed by atoms with Crippen molar-refractivity contribution in [2.45, 2.75) is 25.8 Å². The summed E-state index contributed by atoms with van der Waals surface area (Å²) in [6.45, 7) is 1.24. The summed E-state index contributed by atoms with van der Waals surface area (Å²) in [6.07, 6.45) is 2.43. The summed E-state index contributed by atoms with van der Waals surface area (Å²) in [5, 5.41) is 0. The zero-order chi connectivity index (χ0) is 16.8. The average Bonchev–Trinajstić information content (AvgIpc) is 2.57. The molecule has 1 heterocycles. The molecule has 23 heavy (non-hydrogen) atoms. The van der Waals surface area contributed by atoms with Gasteiger partial charge in [-0.1, -0.05) is 0 Å². The van der Waals surface area contributed by atoms with Crippen LogP contribution in [0.15, 0.2) is 18.2 Å². The van der Waals surface area contributed by atoms with Crippen molar-refractivity contribution in [1.29, 1.82) is 0 Å². The van der Waals surface area contributed by atoms with Crippen LogP contribution in [0.4, 0.5) is 0 Å². The first-order valence-electron chi connectivity index (χ1n) is 7.77. The van der Waals surface area contributed by atoms with Gasteiger partial charge in [0.2, 0.25) is 11.8 Å². The Morgan fingerprint density at radius 2 is 2.04 bits per heavy atom. The summed E-state index contributed by atoms with van der Waals surface area (Å²) in [5.74, 6) is 1.38. The second-order valence-corrected chi connectivity index (χ2v) is 5.70. The second kappa shape index (κ2) is 7.85. The first-order valence-corrected chi connectivity index (χ1v) is 7.77. The van der Waals surface area contributed by atoms with Gasteiger partial charge in [-0.25, -0.2) is 0 Å². The summed E-state index contributed by atoms with van der Waals surface area (Å²) >= 11 is 0. The molecule has 1 aliphatic rings. The molecule has 1 aliphatic heterocycles. The summed E-state index contributed by atoms with van der Waals surface area (Å²) in [5.41, 5.74) is 0.897. The molecule has 1 aromatic carbocycles. The van der Waals surface area contributed by atoms with Crippen LogP contribution in [0.1, 0.15) is 24.8 Å². The summed E-state index contributed by atoms with van der Waals surface area (Å²) < 4.78 is 10.5. The Bertz CT molecular complexity index is 574. The average molecular weight is 320 g/mol. The molecule has 0 N–H and O–H groups in total. The molecule has 0 unspecified atom stereocenters. The maximum Gasteiger partial charge on any atom is 0.242 e. The highest BCUT2D eigenvalue weighted by Gasteiger charge is 2.22. The van der Waals surface area contributed by atoms with Crippen LogP contribution in [0.3, 0.4) is 0 Å². The molecule has 1 aromatic rings. The number of carbonyl (C=O) groups is 2. The maximum atomic E-state index is 12.4. The van der Waals surface area contributed by atoms with Crippen molar-refractivity contribution >= 4 is 11.8 Å². The smallest absolute Gasteiger partial charge is 0.242 e. The quantitative estimate of drug-likeness (QED) is 0.800. The number of likely N-dealkylation sites (tertiary alicyclic amines) is 1. The molecule has 0 aliphatic carbocycles. The zero-order valence-electron chi connectivity index (χ0n) is 14.0. The largest absolute Gasteiger partial charge is 0.497 e. The van der Waals surface area contributed by atoms with Crippen molar-refractivity contribution < 1.29 is 19.1 Å². The van der Waals surface area contributed by atoms with E-state index in [-0.39, 0.29) is 18.4 Å². The van der Waals surface area contributed by atoms with E-state index in [1.54, 1.807) is 37.1 Å². The van der Waals surface area contributed by atoms with Crippen molar-refractivity contribution in [3.63, 3.8) is 0 Å². The van der Waals surface area contributed by atoms with Gasteiger partial charge in [0.25, 0.3) is 0 Å². The fraction of sp³-hybridized carbons (Fsp3) is 0.529. The molecule has 2 amide bonds. The Hall–Kier alpha value is -2.24. The van der Waals surface area contributed by atoms with Crippen LogP contribution < -0.4 is 9.47 Å². The van der Waals surface area contributed by atoms with E-state index >= 15 is 0 Å². The number of hydrogen-bond acceptors (Lipinski definition) is 4. The van der Waals surface area contributed by atoms with Gasteiger partial charge in [-0.2, -0.15) is 0 Å². The van der Waals surface area contributed by atoms with E-state index in [1.807, 2.05) is 12.1 Å². The Morgan fingerprint density at radius 3 is 2.70 bits per heavy atom. The van der Waals surface area contributed by atoms with Crippen LogP contribution in [0.2, 0.25) is 0 Å². The number of likely N-dealkylation sites (N-methyl/N-ethyl adjacent to an activating group) is 1. The molecule has 1 fully saturated rings. The standard InChI is InChI=1S/C17H24N2O4/c1-18(17(21)12-19-9-5-4-6-16(19)20)11-13-7-8-14(22-2)10-15(13)23-3/h7-8,10H,4-6,9,11-12H2,1-3H3. The molecule has 6 nitrogen and oxygen atoms in total. The number of benzene rings is 1. The van der Waals surface area contributed by atoms with Crippen molar-refractivity contribution in [3.8, 4) is 11.5 Å². The minimum absolute atomic E-state index is 0.0695. The topological polar surface area (TPSA) is 59.1 Å². The van der Waals surface area contributed by atoms with Crippen molar-refractivity contribution in [3.05, 3.63) is 23.8 Å². The molecule has 0 bridgehead atoms. The molecule has 0 aromatic heterocycles. The van der Waals surface area contributed by atoms with Gasteiger partial charge < -0.3 is 19.3 Å². The number of hydrogen-bond donors (Lipinski definition) is 0. The Morgan fingerprint density at radius 1 is 1.26 bits per heavy atom. The van der Waals surface area contributed by atoms with Gasteiger partial charge in [0.05, 0.1) is 20.8 Å². The van der Waals surface area contributed by atoms with Crippen molar-refractivity contribution in [2.24, 2.45) is 0 Å². The van der Waals surface area contributed by atoms with Gasteiger partial charge in [-0.05, 0) is 25.0 Å². The maximum absolute atomic E-state index is 12.4. The van der Waals surface area contributed by atoms with Crippen LogP contribution in [0.5, 0.6) is 11.5 Å². The first kappa shape index (κ1) is 17.1. The van der Waals surface area contributed by atoms with Crippen LogP contribution in [0, 0.1) is 0 Å². The van der Waals surface area contributed by atoms with E-state index in [1.165, 1.54) is 0 Å². The van der Waals surface area contributed by atoms with E-state index < -0.39 is 0 Å². The number of piperidine rings is 1. The number of ether oxygens (including phenoxy) is 2. The number of methoxy groups -OCH3 is 2. The SMILES string of the molecule is COc1ccc(CN(C)C(=O)CN2CCCCC2=O)c(OC)c1. The molecular formula is C17H24N2O4. The van der Waals surface area contributed by atoms with E-state index in [2.05, 4.69) is 0 Å². The highest BCUT2D eigenvalue weighted by molar-refractivity contribution is 5.85. The lowest BCUT2D eigenvalue weighted by Crippen LogP contribution is -2.43. The summed E-state index contributed by atoms with van der Waals surface area (Å²) in [6, 6.07) is 5.51. The Labute approximate surface area is 137 Å². The fourth-order valence-corrected chi connectivity index (χ4v) is 2.64. The predicted molar refractivity (Wildman–Crippen MR) is 86.5 cm³/mol. The van der Waals surface area contributed by atoms with E-state index in [4.69, 9.17) is 9.47 Å². The molecule has 6 heteroatoms. The Balaban J connectivity index is 1.99. The number of carbonyl (C=O) groups excluding carboxylic acids is 2. The highest BCUT2D eigenvalue weighted by Crippen LogP contribution is 2.25. The lowest BCUT2D eigenvalue weighted by Gasteiger charge is -2.28. The first-order chi connectivity index (χ1) is 11.0. The summed E-state index contributed by atoms with van der Waals surface area (Å²) in [4.78, 5) is 27.4. The third-order valence-corrected chi connectivity index (χ3v) is 4.08. The van der Waals surface area contributed by atoms with Gasteiger partial charge in [0, 0.05) is 38.2 Å². The van der Waals surface area contributed by atoms with Gasteiger partial charge >= 0.3 is 0 Å². The number of amides is 2. The lowest BCUT2D eigenvalue weighted by atomic mass is 10.1. The predicted octanol–water partition coefficient (Wildman–Crippen LogP) is 1.67. The molecule has 2 rings (SSSR count). The van der Waals surface area contributed by atoms with Crippen LogP contribution in [0.25, 0.3) is 0 Å². The van der Waals surface area contributed by atoms with Gasteiger partial charge in [-0.3, -0.25) is 9.59 Å². The third kappa shape index (κ3) is 4.37. The normalized spacial score (nSPS) is 14.6. The van der Waals surface area contributed by atoms with Crippen molar-refractivity contribution in [2.75, 3.05) is 34.4 Å². The molecule has 126 valence electrons. The summed E-state index contributed by atoms with van der Waals surface area (Å²) in [7, 11) is 4.92. The minimum atomic E-state index is -0.0712. The van der Waals surface area contributed by atoms with Crippen LogP contribution in [-0.2, 0) is 16.1 Å². The molecule has 0 saturated carbocycles. The van der Waals surface area contributed by atoms with E-state index in [0.29, 0.717) is 31.0 Å². The van der Waals surface area contributed by atoms with E-state index in [0.717, 1.165) is 18.4 Å². The molecule has 1 saturated heterocycles. The monoisotopic (exact) mass is 320 g/mol. The third-order valence-electron chi connectivity index (χ3n) is 4.08. The second-order valence-electron chi connectivity index (χ2n) is 5.70. The van der Waals surface area contributed by atoms with Gasteiger partial charge in [0.15, 0.2) is 0 Å². The van der Waals surface area contributed by atoms with Gasteiger partial charge in [-0.15, -0.1) is 0 Å². The molecule has 0 radical (unpaired) electrons. The number of nitrogens with zero attached hydrogens (tertiary/aromatic N) is 2. The molecular weight excluding hydrogens is 296 g/mol. The fourth-order valence-electron chi connectivity index (χ4n) is 2.64. The molecule has 0 atom stereocenters. The zero-order valence-corrected chi connectivity index (χ0v) is 14.0. The molecule has 0 spiro atoms. The highest BCUT2D eigenvalue weighted by atomic mass is 16.5. The number of rotatable bonds is 6. The van der Waals surface area contributed by atoms with Crippen LogP contribution >= 0.6 is 0 Å².